The van der Waals surface area contributed by atoms with Gasteiger partial charge in [0, 0.05) is 17.6 Å². The highest BCUT2D eigenvalue weighted by Gasteiger charge is 2.54. The zero-order valence-corrected chi connectivity index (χ0v) is 16.3. The Morgan fingerprint density at radius 3 is 2.60 bits per heavy atom. The topological polar surface area (TPSA) is 30.5 Å². The Hall–Kier alpha value is -0.995. The van der Waals surface area contributed by atoms with E-state index in [4.69, 9.17) is 9.31 Å². The van der Waals surface area contributed by atoms with Crippen LogP contribution in [0.15, 0.2) is 18.2 Å². The molecule has 0 amide bonds. The molecule has 3 nitrogen and oxygen atoms in total. The van der Waals surface area contributed by atoms with Gasteiger partial charge in [-0.25, -0.2) is 0 Å². The van der Waals surface area contributed by atoms with Crippen molar-refractivity contribution in [3.8, 4) is 0 Å². The summed E-state index contributed by atoms with van der Waals surface area (Å²) in [5.41, 5.74) is 3.85. The van der Waals surface area contributed by atoms with E-state index in [1.807, 2.05) is 0 Å². The van der Waals surface area contributed by atoms with Crippen molar-refractivity contribution in [3.63, 3.8) is 0 Å². The first-order valence-electron chi connectivity index (χ1n) is 10.1. The molecule has 1 aromatic carbocycles. The Morgan fingerprint density at radius 2 is 1.88 bits per heavy atom. The van der Waals surface area contributed by atoms with Crippen molar-refractivity contribution in [2.75, 3.05) is 11.9 Å². The number of unbranched alkanes of at least 4 members (excludes halogenated alkanes) is 1. The second kappa shape index (κ2) is 6.02. The smallest absolute Gasteiger partial charge is 0.399 e. The fourth-order valence-corrected chi connectivity index (χ4v) is 4.96. The number of anilines is 1. The Morgan fingerprint density at radius 1 is 1.12 bits per heavy atom. The molecule has 136 valence electrons. The van der Waals surface area contributed by atoms with Gasteiger partial charge in [0.05, 0.1) is 11.2 Å². The van der Waals surface area contributed by atoms with E-state index in [1.165, 1.54) is 55.2 Å². The second-order valence-corrected chi connectivity index (χ2v) is 9.06. The molecule has 0 aromatic heterocycles. The molecule has 1 aliphatic carbocycles. The second-order valence-electron chi connectivity index (χ2n) is 9.06. The maximum atomic E-state index is 6.52. The van der Waals surface area contributed by atoms with Crippen molar-refractivity contribution in [1.82, 2.24) is 0 Å². The van der Waals surface area contributed by atoms with Crippen molar-refractivity contribution < 1.29 is 9.31 Å². The van der Waals surface area contributed by atoms with Crippen LogP contribution in [-0.2, 0) is 14.7 Å². The Balaban J connectivity index is 1.61. The number of nitrogens with one attached hydrogen (secondary N) is 1. The minimum absolute atomic E-state index is 0.226. The number of benzene rings is 1. The maximum absolute atomic E-state index is 6.52. The summed E-state index contributed by atoms with van der Waals surface area (Å²) in [7, 11) is -0.249. The molecule has 1 N–H and O–H groups in total. The molecule has 25 heavy (non-hydrogen) atoms. The molecule has 3 aliphatic rings. The lowest BCUT2D eigenvalue weighted by atomic mass is 9.74. The van der Waals surface area contributed by atoms with Crippen LogP contribution < -0.4 is 10.8 Å². The Kier molecular flexibility index (Phi) is 4.20. The van der Waals surface area contributed by atoms with Crippen LogP contribution in [0.25, 0.3) is 0 Å². The van der Waals surface area contributed by atoms with Crippen LogP contribution in [0.1, 0.15) is 78.2 Å². The fourth-order valence-electron chi connectivity index (χ4n) is 4.96. The van der Waals surface area contributed by atoms with Crippen LogP contribution in [0.5, 0.6) is 0 Å². The first-order chi connectivity index (χ1) is 11.9. The zero-order valence-electron chi connectivity index (χ0n) is 16.3. The summed E-state index contributed by atoms with van der Waals surface area (Å²) >= 11 is 0. The summed E-state index contributed by atoms with van der Waals surface area (Å²) in [4.78, 5) is 0. The van der Waals surface area contributed by atoms with Crippen molar-refractivity contribution in [3.05, 3.63) is 23.8 Å². The van der Waals surface area contributed by atoms with E-state index in [2.05, 4.69) is 51.2 Å². The summed E-state index contributed by atoms with van der Waals surface area (Å²) in [6, 6.07) is 6.79. The third-order valence-electron chi connectivity index (χ3n) is 7.11. The van der Waals surface area contributed by atoms with E-state index < -0.39 is 0 Å². The summed E-state index contributed by atoms with van der Waals surface area (Å²) in [6.07, 6.45) is 8.72. The first-order valence-corrected chi connectivity index (χ1v) is 10.1. The molecule has 4 rings (SSSR count). The normalized spacial score (nSPS) is 29.2. The minimum atomic E-state index is -0.269. The molecule has 1 unspecified atom stereocenters. The summed E-state index contributed by atoms with van der Waals surface area (Å²) < 4.78 is 12.9. The molecule has 0 radical (unpaired) electrons. The van der Waals surface area contributed by atoms with Gasteiger partial charge in [-0.05, 0) is 57.1 Å². The molecule has 1 spiro atoms. The molecule has 2 fully saturated rings. The van der Waals surface area contributed by atoms with Crippen LogP contribution >= 0.6 is 0 Å². The lowest BCUT2D eigenvalue weighted by Gasteiger charge is -2.36. The van der Waals surface area contributed by atoms with Gasteiger partial charge in [-0.3, -0.25) is 0 Å². The molecule has 1 saturated carbocycles. The quantitative estimate of drug-likeness (QED) is 0.824. The number of fused-ring (bicyclic) bond motifs is 2. The lowest BCUT2D eigenvalue weighted by molar-refractivity contribution is -0.0169. The SMILES string of the molecule is CCCCC1(C)OB(c2ccc3c(c2)C2(CCCC2)CN3)OC1(C)C. The zero-order chi connectivity index (χ0) is 17.7. The average Bonchev–Trinajstić information content (AvgIpc) is 3.26. The van der Waals surface area contributed by atoms with Crippen molar-refractivity contribution in [2.45, 2.75) is 89.3 Å². The summed E-state index contributed by atoms with van der Waals surface area (Å²) in [5, 5.41) is 3.63. The third-order valence-corrected chi connectivity index (χ3v) is 7.11. The van der Waals surface area contributed by atoms with Gasteiger partial charge in [0.2, 0.25) is 0 Å². The largest absolute Gasteiger partial charge is 0.494 e. The van der Waals surface area contributed by atoms with Gasteiger partial charge in [0.25, 0.3) is 0 Å². The van der Waals surface area contributed by atoms with Gasteiger partial charge in [-0.15, -0.1) is 0 Å². The minimum Gasteiger partial charge on any atom is -0.399 e. The van der Waals surface area contributed by atoms with E-state index in [1.54, 1.807) is 0 Å². The molecule has 1 aromatic rings. The molecule has 1 atom stereocenters. The third kappa shape index (κ3) is 2.73. The van der Waals surface area contributed by atoms with E-state index in [0.29, 0.717) is 5.41 Å². The Bertz CT molecular complexity index is 653. The number of rotatable bonds is 4. The first kappa shape index (κ1) is 17.4. The van der Waals surface area contributed by atoms with E-state index in [9.17, 15) is 0 Å². The van der Waals surface area contributed by atoms with Crippen LogP contribution in [0.4, 0.5) is 5.69 Å². The highest BCUT2D eigenvalue weighted by atomic mass is 16.7. The molecule has 4 heteroatoms. The molecule has 2 aliphatic heterocycles. The van der Waals surface area contributed by atoms with Crippen molar-refractivity contribution >= 4 is 18.3 Å². The van der Waals surface area contributed by atoms with Gasteiger partial charge in [0.1, 0.15) is 0 Å². The Labute approximate surface area is 153 Å². The molecule has 2 heterocycles. The molecule has 0 bridgehead atoms. The van der Waals surface area contributed by atoms with Crippen LogP contribution in [0.2, 0.25) is 0 Å². The van der Waals surface area contributed by atoms with Crippen molar-refractivity contribution in [1.29, 1.82) is 0 Å². The van der Waals surface area contributed by atoms with Crippen LogP contribution in [0.3, 0.4) is 0 Å². The van der Waals surface area contributed by atoms with E-state index >= 15 is 0 Å². The highest BCUT2D eigenvalue weighted by molar-refractivity contribution is 6.62. The maximum Gasteiger partial charge on any atom is 0.494 e. The summed E-state index contributed by atoms with van der Waals surface area (Å²) in [5.74, 6) is 0. The van der Waals surface area contributed by atoms with Gasteiger partial charge in [0.15, 0.2) is 0 Å². The van der Waals surface area contributed by atoms with Gasteiger partial charge >= 0.3 is 7.12 Å². The van der Waals surface area contributed by atoms with Gasteiger partial charge in [-0.2, -0.15) is 0 Å². The lowest BCUT2D eigenvalue weighted by Crippen LogP contribution is -2.44. The van der Waals surface area contributed by atoms with Crippen LogP contribution in [0, 0.1) is 0 Å². The van der Waals surface area contributed by atoms with Gasteiger partial charge < -0.3 is 14.6 Å². The number of hydrogen-bond donors (Lipinski definition) is 1. The average molecular weight is 341 g/mol. The monoisotopic (exact) mass is 341 g/mol. The highest BCUT2D eigenvalue weighted by Crippen LogP contribution is 2.48. The van der Waals surface area contributed by atoms with Gasteiger partial charge in [-0.1, -0.05) is 44.7 Å². The standard InChI is InChI=1S/C21H32BNO2/c1-5-6-11-20(4)19(2,3)24-22(25-20)16-9-10-18-17(14-16)21(15-23-18)12-7-8-13-21/h9-10,14,23H,5-8,11-13,15H2,1-4H3. The summed E-state index contributed by atoms with van der Waals surface area (Å²) in [6.45, 7) is 9.90. The predicted molar refractivity (Wildman–Crippen MR) is 105 cm³/mol. The number of hydrogen-bond acceptors (Lipinski definition) is 3. The van der Waals surface area contributed by atoms with Crippen molar-refractivity contribution in [2.24, 2.45) is 0 Å². The fraction of sp³-hybridized carbons (Fsp3) is 0.714. The van der Waals surface area contributed by atoms with E-state index in [0.717, 1.165) is 13.0 Å². The predicted octanol–water partition coefficient (Wildman–Crippen LogP) is 4.39. The molecule has 1 saturated heterocycles. The van der Waals surface area contributed by atoms with Crippen LogP contribution in [-0.4, -0.2) is 24.9 Å². The van der Waals surface area contributed by atoms with E-state index in [-0.39, 0.29) is 18.3 Å². The molecular formula is C21H32BNO2. The molecular weight excluding hydrogens is 309 g/mol.